The molecule has 43 heavy (non-hydrogen) atoms. The van der Waals surface area contributed by atoms with Gasteiger partial charge >= 0.3 is 0 Å². The number of hydrogen-bond donors (Lipinski definition) is 2. The highest BCUT2D eigenvalue weighted by Gasteiger charge is 2.41. The highest BCUT2D eigenvalue weighted by Crippen LogP contribution is 2.36. The summed E-state index contributed by atoms with van der Waals surface area (Å²) in [6.45, 7) is 6.20. The van der Waals surface area contributed by atoms with Crippen molar-refractivity contribution in [2.45, 2.75) is 57.1 Å². The van der Waals surface area contributed by atoms with Crippen LogP contribution in [0.5, 0.6) is 5.75 Å². The Balaban J connectivity index is 1.31. The number of pyridine rings is 1. The number of nitrogens with zero attached hydrogens (tertiary/aromatic N) is 4. The van der Waals surface area contributed by atoms with Gasteiger partial charge in [0.05, 0.1) is 5.02 Å². The van der Waals surface area contributed by atoms with Gasteiger partial charge in [0.2, 0.25) is 15.9 Å². The van der Waals surface area contributed by atoms with E-state index in [-0.39, 0.29) is 34.0 Å². The second-order valence-electron chi connectivity index (χ2n) is 11.1. The summed E-state index contributed by atoms with van der Waals surface area (Å²) in [5.41, 5.74) is 2.98. The molecule has 0 unspecified atom stereocenters. The van der Waals surface area contributed by atoms with Crippen LogP contribution in [0.4, 0.5) is 0 Å². The van der Waals surface area contributed by atoms with Crippen LogP contribution in [-0.4, -0.2) is 67.1 Å². The molecule has 2 fully saturated rings. The first kappa shape index (κ1) is 31.3. The number of fused-ring (bicyclic) bond motifs is 1. The quantitative estimate of drug-likeness (QED) is 0.150. The molecule has 2 aliphatic heterocycles. The third-order valence-corrected chi connectivity index (χ3v) is 11.0. The molecule has 5 rings (SSSR count). The van der Waals surface area contributed by atoms with Crippen molar-refractivity contribution >= 4 is 56.4 Å². The average molecular weight is 648 g/mol. The zero-order valence-corrected chi connectivity index (χ0v) is 26.6. The molecule has 1 atom stereocenters. The molecule has 0 spiro atoms. The number of carbonyl (C=O) groups excluding carboxylic acids is 1. The van der Waals surface area contributed by atoms with Crippen LogP contribution in [0.2, 0.25) is 10.0 Å². The fourth-order valence-electron chi connectivity index (χ4n) is 5.88. The number of hydrogen-bond acceptors (Lipinski definition) is 7. The summed E-state index contributed by atoms with van der Waals surface area (Å²) in [6.07, 6.45) is 4.40. The first-order valence-electron chi connectivity index (χ1n) is 14.3. The minimum Gasteiger partial charge on any atom is -0.487 e. The van der Waals surface area contributed by atoms with Crippen molar-refractivity contribution in [2.75, 3.05) is 26.2 Å². The minimum atomic E-state index is -4.11. The highest BCUT2D eigenvalue weighted by molar-refractivity contribution is 7.89. The first-order valence-corrected chi connectivity index (χ1v) is 16.5. The number of sulfonamides is 1. The van der Waals surface area contributed by atoms with E-state index in [4.69, 9.17) is 33.8 Å². The third-order valence-electron chi connectivity index (χ3n) is 8.20. The van der Waals surface area contributed by atoms with Gasteiger partial charge in [-0.25, -0.2) is 13.4 Å². The Hall–Kier alpha value is -3.12. The van der Waals surface area contributed by atoms with Gasteiger partial charge in [-0.2, -0.15) is 9.41 Å². The number of nitrogens with two attached hydrogens (primary N) is 1. The molecule has 0 saturated carbocycles. The Morgan fingerprint density at radius 3 is 2.67 bits per heavy atom. The Kier molecular flexibility index (Phi) is 9.65. The largest absolute Gasteiger partial charge is 0.487 e. The first-order chi connectivity index (χ1) is 20.6. The van der Waals surface area contributed by atoms with E-state index in [0.29, 0.717) is 42.1 Å². The molecule has 0 bridgehead atoms. The van der Waals surface area contributed by atoms with Crippen LogP contribution < -0.4 is 15.9 Å². The Morgan fingerprint density at radius 2 is 1.93 bits per heavy atom. The van der Waals surface area contributed by atoms with Gasteiger partial charge in [0.25, 0.3) is 0 Å². The number of amides is 1. The van der Waals surface area contributed by atoms with E-state index in [1.165, 1.54) is 16.4 Å². The lowest BCUT2D eigenvalue weighted by atomic mass is 9.97. The lowest BCUT2D eigenvalue weighted by Crippen LogP contribution is -2.47. The molecule has 1 amide bonds. The molecular formula is C30H36Cl2N6O4S. The number of aromatic nitrogens is 1. The predicted molar refractivity (Wildman–Crippen MR) is 169 cm³/mol. The van der Waals surface area contributed by atoms with Gasteiger partial charge in [-0.15, -0.1) is 0 Å². The van der Waals surface area contributed by atoms with E-state index >= 15 is 0 Å². The van der Waals surface area contributed by atoms with Crippen LogP contribution in [-0.2, 0) is 21.4 Å². The number of nitrogens with one attached hydrogen (secondary N) is 1. The molecule has 2 aliphatic rings. The van der Waals surface area contributed by atoms with Gasteiger partial charge in [0, 0.05) is 47.8 Å². The minimum absolute atomic E-state index is 0.0214. The highest BCUT2D eigenvalue weighted by atomic mass is 35.5. The molecule has 1 aromatic heterocycles. The summed E-state index contributed by atoms with van der Waals surface area (Å²) in [6, 6.07) is 9.74. The van der Waals surface area contributed by atoms with Crippen molar-refractivity contribution < 1.29 is 17.9 Å². The van der Waals surface area contributed by atoms with Crippen molar-refractivity contribution in [1.29, 1.82) is 0 Å². The number of likely N-dealkylation sites (tertiary alicyclic amines) is 1. The zero-order chi connectivity index (χ0) is 30.7. The van der Waals surface area contributed by atoms with Crippen LogP contribution in [0.15, 0.2) is 46.4 Å². The number of carbonyl (C=O) groups is 1. The number of piperidine rings is 1. The fraction of sp³-hybridized carbons (Fsp3) is 0.433. The Labute approximate surface area is 262 Å². The molecule has 2 aromatic carbocycles. The van der Waals surface area contributed by atoms with Crippen LogP contribution in [0.25, 0.3) is 10.9 Å². The van der Waals surface area contributed by atoms with E-state index in [1.54, 1.807) is 6.34 Å². The molecule has 0 radical (unpaired) electrons. The molecule has 3 N–H and O–H groups in total. The van der Waals surface area contributed by atoms with Crippen molar-refractivity contribution in [2.24, 2.45) is 16.9 Å². The SMILES string of the molecule is Cc1cc(C)c2cccc(OCc3c(Cl)ccc(S(=O)(=O)N4CCC[C@H]4C(=O)NCC4CCN(C=NN)CC4)c3Cl)c2n1. The molecule has 0 aliphatic carbocycles. The van der Waals surface area contributed by atoms with Crippen LogP contribution in [0.1, 0.15) is 42.5 Å². The maximum atomic E-state index is 13.9. The van der Waals surface area contributed by atoms with Crippen molar-refractivity contribution in [3.05, 3.63) is 63.3 Å². The van der Waals surface area contributed by atoms with Crippen LogP contribution >= 0.6 is 23.2 Å². The predicted octanol–water partition coefficient (Wildman–Crippen LogP) is 4.62. The van der Waals surface area contributed by atoms with Crippen molar-refractivity contribution in [3.63, 3.8) is 0 Å². The monoisotopic (exact) mass is 646 g/mol. The number of benzene rings is 2. The van der Waals surface area contributed by atoms with E-state index in [2.05, 4.69) is 15.4 Å². The number of hydrazone groups is 1. The Bertz CT molecular complexity index is 1640. The third kappa shape index (κ3) is 6.69. The number of para-hydroxylation sites is 1. The van der Waals surface area contributed by atoms with E-state index in [1.807, 2.05) is 43.0 Å². The number of ether oxygens (including phenoxy) is 1. The van der Waals surface area contributed by atoms with E-state index in [9.17, 15) is 13.2 Å². The average Bonchev–Trinajstić information content (AvgIpc) is 3.48. The van der Waals surface area contributed by atoms with Gasteiger partial charge in [0.1, 0.15) is 35.1 Å². The molecule has 2 saturated heterocycles. The van der Waals surface area contributed by atoms with Gasteiger partial charge in [-0.1, -0.05) is 35.3 Å². The summed E-state index contributed by atoms with van der Waals surface area (Å²) in [5, 5.41) is 7.78. The molecular weight excluding hydrogens is 611 g/mol. The lowest BCUT2D eigenvalue weighted by Gasteiger charge is -2.31. The van der Waals surface area contributed by atoms with Gasteiger partial charge in [0.15, 0.2) is 0 Å². The van der Waals surface area contributed by atoms with E-state index in [0.717, 1.165) is 42.6 Å². The summed E-state index contributed by atoms with van der Waals surface area (Å²) in [7, 11) is -4.11. The number of rotatable bonds is 9. The summed E-state index contributed by atoms with van der Waals surface area (Å²) in [5.74, 6) is 5.78. The van der Waals surface area contributed by atoms with Gasteiger partial charge < -0.3 is 20.8 Å². The molecule has 10 nitrogen and oxygen atoms in total. The van der Waals surface area contributed by atoms with E-state index < -0.39 is 16.1 Å². The van der Waals surface area contributed by atoms with Crippen LogP contribution in [0, 0.1) is 19.8 Å². The molecule has 230 valence electrons. The second-order valence-corrected chi connectivity index (χ2v) is 13.8. The van der Waals surface area contributed by atoms with Gasteiger partial charge in [-0.05, 0) is 75.3 Å². The molecule has 3 heterocycles. The topological polar surface area (TPSA) is 130 Å². The fourth-order valence-corrected chi connectivity index (χ4v) is 8.40. The summed E-state index contributed by atoms with van der Waals surface area (Å²) >= 11 is 13.2. The number of halogens is 2. The molecule has 3 aromatic rings. The zero-order valence-electron chi connectivity index (χ0n) is 24.2. The normalized spacial score (nSPS) is 18.5. The maximum Gasteiger partial charge on any atom is 0.245 e. The number of aryl methyl sites for hydroxylation is 2. The Morgan fingerprint density at radius 1 is 1.16 bits per heavy atom. The van der Waals surface area contributed by atoms with Crippen LogP contribution in [0.3, 0.4) is 0 Å². The van der Waals surface area contributed by atoms with Crippen molar-refractivity contribution in [3.8, 4) is 5.75 Å². The molecule has 13 heteroatoms. The summed E-state index contributed by atoms with van der Waals surface area (Å²) < 4.78 is 35.2. The van der Waals surface area contributed by atoms with Crippen molar-refractivity contribution in [1.82, 2.24) is 19.5 Å². The maximum absolute atomic E-state index is 13.9. The lowest BCUT2D eigenvalue weighted by molar-refractivity contribution is -0.124. The summed E-state index contributed by atoms with van der Waals surface area (Å²) in [4.78, 5) is 19.8. The standard InChI is InChI=1S/C30H36Cl2N6O4S/c1-19-15-20(2)36-29-22(19)5-3-7-26(29)42-17-23-24(31)8-9-27(28(23)32)43(40,41)38-12-4-6-25(38)30(39)34-16-21-10-13-37(14-11-21)18-35-33/h3,5,7-9,15,18,21,25H,4,6,10-14,16-17,33H2,1-2H3,(H,34,39)/t25-/m0/s1. The second kappa shape index (κ2) is 13.3. The van der Waals surface area contributed by atoms with Gasteiger partial charge in [-0.3, -0.25) is 4.79 Å². The smallest absolute Gasteiger partial charge is 0.245 e.